The standard InChI is InChI=1S/C38H66O13/c1-18(2)25(49-35-32(30(44)26(16-39)50-35)51-34-31(45)29(43)27(47-6)17-48-34)8-7-19(3)21-14-23(41)33-37(21,5)12-10-28-36(4)11-9-20(40)13-22(36)24(42)15-38(28,33)46/h18-35,39-46H,7-17H2,1-6H3/t19-,20+,21-,22-,23+,24+,25+,26-,27-,28-,29+,30-,31-,32+,33-,34+,35+,36+,37-,38+/m1/s1. The van der Waals surface area contributed by atoms with Crippen molar-refractivity contribution < 1.29 is 64.5 Å². The summed E-state index contributed by atoms with van der Waals surface area (Å²) >= 11 is 0. The number of hydrogen-bond acceptors (Lipinski definition) is 13. The lowest BCUT2D eigenvalue weighted by Crippen LogP contribution is -2.68. The van der Waals surface area contributed by atoms with Gasteiger partial charge >= 0.3 is 0 Å². The first-order valence-electron chi connectivity index (χ1n) is 19.5. The Morgan fingerprint density at radius 3 is 2.22 bits per heavy atom. The van der Waals surface area contributed by atoms with Crippen molar-refractivity contribution in [2.45, 2.75) is 172 Å². The zero-order chi connectivity index (χ0) is 37.2. The second-order valence-electron chi connectivity index (χ2n) is 18.0. The maximum Gasteiger partial charge on any atom is 0.187 e. The fourth-order valence-corrected chi connectivity index (χ4v) is 12.1. The summed E-state index contributed by atoms with van der Waals surface area (Å²) in [6, 6.07) is 0. The molecule has 2 heterocycles. The molecule has 6 rings (SSSR count). The van der Waals surface area contributed by atoms with Gasteiger partial charge < -0.3 is 64.5 Å². The predicted molar refractivity (Wildman–Crippen MR) is 183 cm³/mol. The third-order valence-electron chi connectivity index (χ3n) is 14.9. The molecule has 0 aromatic heterocycles. The van der Waals surface area contributed by atoms with Crippen LogP contribution in [0.1, 0.15) is 92.4 Å². The third kappa shape index (κ3) is 6.97. The molecule has 4 aliphatic carbocycles. The monoisotopic (exact) mass is 730 g/mol. The van der Waals surface area contributed by atoms with Crippen molar-refractivity contribution in [3.8, 4) is 0 Å². The Kier molecular flexibility index (Phi) is 12.0. The molecule has 6 aliphatic rings. The quantitative estimate of drug-likeness (QED) is 0.150. The van der Waals surface area contributed by atoms with E-state index in [9.17, 15) is 40.9 Å². The number of aliphatic hydroxyl groups excluding tert-OH is 7. The van der Waals surface area contributed by atoms with Gasteiger partial charge in [-0.2, -0.15) is 0 Å². The maximum absolute atomic E-state index is 12.6. The Bertz CT molecular complexity index is 1180. The molecular formula is C38H66O13. The molecule has 0 radical (unpaired) electrons. The summed E-state index contributed by atoms with van der Waals surface area (Å²) in [5.41, 5.74) is -1.81. The minimum atomic E-state index is -1.44. The molecule has 0 amide bonds. The van der Waals surface area contributed by atoms with Crippen LogP contribution in [0.4, 0.5) is 0 Å². The second kappa shape index (κ2) is 15.2. The Balaban J connectivity index is 1.13. The summed E-state index contributed by atoms with van der Waals surface area (Å²) < 4.78 is 29.2. The van der Waals surface area contributed by atoms with Crippen molar-refractivity contribution in [2.24, 2.45) is 46.3 Å². The molecule has 0 spiro atoms. The molecule has 0 aromatic carbocycles. The van der Waals surface area contributed by atoms with E-state index in [1.165, 1.54) is 7.11 Å². The van der Waals surface area contributed by atoms with E-state index in [2.05, 4.69) is 20.8 Å². The lowest BCUT2D eigenvalue weighted by atomic mass is 9.42. The molecule has 2 saturated heterocycles. The summed E-state index contributed by atoms with van der Waals surface area (Å²) in [6.45, 7) is 10.2. The topological polar surface area (TPSA) is 208 Å². The average molecular weight is 731 g/mol. The van der Waals surface area contributed by atoms with Crippen LogP contribution in [0.3, 0.4) is 0 Å². The number of aliphatic hydroxyl groups is 8. The fraction of sp³-hybridized carbons (Fsp3) is 1.00. The molecule has 296 valence electrons. The van der Waals surface area contributed by atoms with Crippen molar-refractivity contribution in [3.05, 3.63) is 0 Å². The van der Waals surface area contributed by atoms with Crippen LogP contribution in [-0.2, 0) is 23.7 Å². The number of rotatable bonds is 11. The van der Waals surface area contributed by atoms with E-state index in [0.29, 0.717) is 25.7 Å². The third-order valence-corrected chi connectivity index (χ3v) is 14.9. The Labute approximate surface area is 302 Å². The van der Waals surface area contributed by atoms with Gasteiger partial charge in [0.1, 0.15) is 36.6 Å². The van der Waals surface area contributed by atoms with Crippen LogP contribution in [0, 0.1) is 46.3 Å². The van der Waals surface area contributed by atoms with Gasteiger partial charge in [-0.15, -0.1) is 0 Å². The molecule has 8 N–H and O–H groups in total. The molecule has 13 nitrogen and oxygen atoms in total. The first kappa shape index (κ1) is 40.2. The Hall–Kier alpha value is -0.520. The van der Waals surface area contributed by atoms with Gasteiger partial charge in [-0.05, 0) is 91.8 Å². The molecule has 0 unspecified atom stereocenters. The van der Waals surface area contributed by atoms with E-state index in [-0.39, 0.29) is 65.5 Å². The molecule has 4 saturated carbocycles. The van der Waals surface area contributed by atoms with Crippen LogP contribution >= 0.6 is 0 Å². The van der Waals surface area contributed by atoms with Crippen molar-refractivity contribution in [1.29, 1.82) is 0 Å². The lowest BCUT2D eigenvalue weighted by Gasteiger charge is -2.66. The van der Waals surface area contributed by atoms with Crippen molar-refractivity contribution >= 4 is 0 Å². The molecule has 13 heteroatoms. The van der Waals surface area contributed by atoms with E-state index in [1.807, 2.05) is 13.8 Å². The zero-order valence-corrected chi connectivity index (χ0v) is 31.3. The highest BCUT2D eigenvalue weighted by molar-refractivity contribution is 5.20. The highest BCUT2D eigenvalue weighted by Gasteiger charge is 2.70. The van der Waals surface area contributed by atoms with Crippen LogP contribution in [0.5, 0.6) is 0 Å². The summed E-state index contributed by atoms with van der Waals surface area (Å²) in [5, 5.41) is 88.3. The zero-order valence-electron chi connectivity index (χ0n) is 31.3. The molecular weight excluding hydrogens is 664 g/mol. The number of methoxy groups -OCH3 is 1. The number of ether oxygens (including phenoxy) is 5. The van der Waals surface area contributed by atoms with Gasteiger partial charge in [0.25, 0.3) is 0 Å². The summed E-state index contributed by atoms with van der Waals surface area (Å²) in [7, 11) is 1.41. The predicted octanol–water partition coefficient (Wildman–Crippen LogP) is 1.08. The molecule has 20 atom stereocenters. The maximum atomic E-state index is 12.6. The van der Waals surface area contributed by atoms with Crippen LogP contribution in [-0.4, -0.2) is 140 Å². The normalized spacial score (nSPS) is 52.6. The SMILES string of the molecule is CO[C@@H]1CO[C@@H](O[C@@H]2[C@@H](O[C@@H](CC[C@@H](C)[C@H]3C[C@H](O)[C@@H]4[C@]3(C)CC[C@@H]3[C@@]5(C)CC[C@H](O)C[C@@H]5[C@@H](O)C[C@]34O)C(C)C)O[C@H](CO)[C@H]2O)[C@H](O)[C@H]1O. The number of fused-ring (bicyclic) bond motifs is 5. The van der Waals surface area contributed by atoms with Crippen molar-refractivity contribution in [1.82, 2.24) is 0 Å². The van der Waals surface area contributed by atoms with E-state index >= 15 is 0 Å². The molecule has 51 heavy (non-hydrogen) atoms. The highest BCUT2D eigenvalue weighted by atomic mass is 16.8. The first-order valence-corrected chi connectivity index (χ1v) is 19.5. The summed E-state index contributed by atoms with van der Waals surface area (Å²) in [5.74, 6) is -0.102. The van der Waals surface area contributed by atoms with Gasteiger partial charge in [0.05, 0.1) is 43.2 Å². The molecule has 0 aromatic rings. The van der Waals surface area contributed by atoms with Gasteiger partial charge in [0, 0.05) is 19.4 Å². The van der Waals surface area contributed by atoms with E-state index in [1.54, 1.807) is 0 Å². The van der Waals surface area contributed by atoms with Gasteiger partial charge in [0.15, 0.2) is 12.6 Å². The summed E-state index contributed by atoms with van der Waals surface area (Å²) in [6.07, 6.45) is -5.39. The van der Waals surface area contributed by atoms with E-state index < -0.39 is 79.7 Å². The van der Waals surface area contributed by atoms with Crippen LogP contribution in [0.25, 0.3) is 0 Å². The van der Waals surface area contributed by atoms with Crippen molar-refractivity contribution in [2.75, 3.05) is 20.3 Å². The molecule has 6 fully saturated rings. The first-order chi connectivity index (χ1) is 24.0. The minimum Gasteiger partial charge on any atom is -0.394 e. The highest BCUT2D eigenvalue weighted by Crippen LogP contribution is 2.69. The van der Waals surface area contributed by atoms with E-state index in [0.717, 1.165) is 25.7 Å². The average Bonchev–Trinajstić information content (AvgIpc) is 3.53. The van der Waals surface area contributed by atoms with Crippen molar-refractivity contribution in [3.63, 3.8) is 0 Å². The minimum absolute atomic E-state index is 0.0250. The van der Waals surface area contributed by atoms with Crippen LogP contribution in [0.15, 0.2) is 0 Å². The van der Waals surface area contributed by atoms with Gasteiger partial charge in [-0.25, -0.2) is 0 Å². The van der Waals surface area contributed by atoms with Crippen LogP contribution in [0.2, 0.25) is 0 Å². The van der Waals surface area contributed by atoms with Gasteiger partial charge in [-0.3, -0.25) is 0 Å². The van der Waals surface area contributed by atoms with Crippen LogP contribution < -0.4 is 0 Å². The van der Waals surface area contributed by atoms with Gasteiger partial charge in [-0.1, -0.05) is 34.6 Å². The van der Waals surface area contributed by atoms with Gasteiger partial charge in [0.2, 0.25) is 0 Å². The lowest BCUT2D eigenvalue weighted by molar-refractivity contribution is -0.309. The number of hydrogen-bond donors (Lipinski definition) is 8. The second-order valence-corrected chi connectivity index (χ2v) is 18.0. The fourth-order valence-electron chi connectivity index (χ4n) is 12.1. The Morgan fingerprint density at radius 1 is 0.843 bits per heavy atom. The largest absolute Gasteiger partial charge is 0.394 e. The smallest absolute Gasteiger partial charge is 0.187 e. The summed E-state index contributed by atoms with van der Waals surface area (Å²) in [4.78, 5) is 0. The van der Waals surface area contributed by atoms with E-state index in [4.69, 9.17) is 23.7 Å². The molecule has 2 aliphatic heterocycles. The Morgan fingerprint density at radius 2 is 1.55 bits per heavy atom. The molecule has 0 bridgehead atoms.